The third-order valence-electron chi connectivity index (χ3n) is 4.56. The lowest BCUT2D eigenvalue weighted by molar-refractivity contribution is 0.116. The van der Waals surface area contributed by atoms with Crippen molar-refractivity contribution in [1.29, 1.82) is 0 Å². The van der Waals surface area contributed by atoms with E-state index in [2.05, 4.69) is 21.6 Å². The predicted molar refractivity (Wildman–Crippen MR) is 82.2 cm³/mol. The van der Waals surface area contributed by atoms with Crippen molar-refractivity contribution in [3.63, 3.8) is 0 Å². The van der Waals surface area contributed by atoms with Gasteiger partial charge in [-0.15, -0.1) is 0 Å². The first-order chi connectivity index (χ1) is 9.92. The second-order valence-electron chi connectivity index (χ2n) is 6.30. The highest BCUT2D eigenvalue weighted by atomic mass is 32.2. The average Bonchev–Trinajstić information content (AvgIpc) is 2.48. The summed E-state index contributed by atoms with van der Waals surface area (Å²) in [5.41, 5.74) is 0. The molecule has 2 unspecified atom stereocenters. The molecular weight excluding hydrogens is 292 g/mol. The molecule has 0 radical (unpaired) electrons. The topological polar surface area (TPSA) is 76.1 Å². The summed E-state index contributed by atoms with van der Waals surface area (Å²) >= 11 is 0. The van der Waals surface area contributed by atoms with Gasteiger partial charge in [-0.25, -0.2) is 4.72 Å². The van der Waals surface area contributed by atoms with Crippen LogP contribution in [0, 0.1) is 5.92 Å². The molecule has 0 aromatic rings. The largest absolute Gasteiger partial charge is 0.396 e. The number of hydrogen-bond donors (Lipinski definition) is 2. The summed E-state index contributed by atoms with van der Waals surface area (Å²) in [6.07, 6.45) is 1.72. The summed E-state index contributed by atoms with van der Waals surface area (Å²) in [5.74, 6) is 0.0683. The molecule has 2 N–H and O–H groups in total. The van der Waals surface area contributed by atoms with E-state index in [1.54, 1.807) is 0 Å². The number of piperazine rings is 1. The van der Waals surface area contributed by atoms with E-state index in [-0.39, 0.29) is 18.6 Å². The molecule has 0 aromatic carbocycles. The number of rotatable bonds is 5. The minimum absolute atomic E-state index is 0.0577. The highest BCUT2D eigenvalue weighted by Crippen LogP contribution is 2.18. The Morgan fingerprint density at radius 1 is 1.19 bits per heavy atom. The van der Waals surface area contributed by atoms with Gasteiger partial charge in [0.2, 0.25) is 0 Å². The van der Waals surface area contributed by atoms with Crippen LogP contribution in [0.2, 0.25) is 0 Å². The lowest BCUT2D eigenvalue weighted by Gasteiger charge is -2.38. The Hall–Kier alpha value is -0.250. The Bertz CT molecular complexity index is 431. The second kappa shape index (κ2) is 7.34. The van der Waals surface area contributed by atoms with Gasteiger partial charge in [0.15, 0.2) is 0 Å². The summed E-state index contributed by atoms with van der Waals surface area (Å²) in [7, 11) is 0.657. The fraction of sp³-hybridized carbons (Fsp3) is 1.00. The van der Waals surface area contributed by atoms with Crippen molar-refractivity contribution < 1.29 is 13.5 Å². The molecule has 0 amide bonds. The van der Waals surface area contributed by atoms with Gasteiger partial charge in [-0.2, -0.15) is 12.7 Å². The van der Waals surface area contributed by atoms with E-state index in [4.69, 9.17) is 0 Å². The third-order valence-corrected chi connectivity index (χ3v) is 6.10. The van der Waals surface area contributed by atoms with Crippen LogP contribution >= 0.6 is 0 Å². The van der Waals surface area contributed by atoms with Crippen LogP contribution in [0.5, 0.6) is 0 Å². The zero-order valence-corrected chi connectivity index (χ0v) is 13.8. The number of hydrogen-bond acceptors (Lipinski definition) is 5. The number of likely N-dealkylation sites (N-methyl/N-ethyl adjacent to an activating group) is 2. The fourth-order valence-electron chi connectivity index (χ4n) is 3.01. The predicted octanol–water partition coefficient (Wildman–Crippen LogP) is -1.23. The van der Waals surface area contributed by atoms with Gasteiger partial charge in [0.25, 0.3) is 10.2 Å². The van der Waals surface area contributed by atoms with Crippen LogP contribution < -0.4 is 4.72 Å². The van der Waals surface area contributed by atoms with Crippen LogP contribution in [0.25, 0.3) is 0 Å². The standard InChI is InChI=1S/C13H28N4O3S/c1-15-6-7-16(2)13(10-15)8-14-21(19,20)17-5-3-4-12(9-17)11-18/h12-14,18H,3-11H2,1-2H3. The van der Waals surface area contributed by atoms with E-state index in [1.165, 1.54) is 4.31 Å². The zero-order chi connectivity index (χ0) is 15.5. The van der Waals surface area contributed by atoms with Gasteiger partial charge in [-0.3, -0.25) is 4.90 Å². The molecule has 7 nitrogen and oxygen atoms in total. The molecule has 2 heterocycles. The van der Waals surface area contributed by atoms with Gasteiger partial charge in [0, 0.05) is 51.9 Å². The highest BCUT2D eigenvalue weighted by Gasteiger charge is 2.30. The zero-order valence-electron chi connectivity index (χ0n) is 13.0. The molecule has 21 heavy (non-hydrogen) atoms. The van der Waals surface area contributed by atoms with E-state index >= 15 is 0 Å². The van der Waals surface area contributed by atoms with Gasteiger partial charge in [0.1, 0.15) is 0 Å². The fourth-order valence-corrected chi connectivity index (χ4v) is 4.37. The minimum Gasteiger partial charge on any atom is -0.396 e. The van der Waals surface area contributed by atoms with Crippen molar-refractivity contribution >= 4 is 10.2 Å². The number of aliphatic hydroxyl groups excluding tert-OH is 1. The van der Waals surface area contributed by atoms with Crippen molar-refractivity contribution in [2.75, 3.05) is 60.0 Å². The number of piperidine rings is 1. The number of nitrogens with zero attached hydrogens (tertiary/aromatic N) is 3. The Morgan fingerprint density at radius 3 is 2.67 bits per heavy atom. The van der Waals surface area contributed by atoms with Crippen LogP contribution in [-0.2, 0) is 10.2 Å². The van der Waals surface area contributed by atoms with Gasteiger partial charge in [-0.1, -0.05) is 0 Å². The molecule has 8 heteroatoms. The van der Waals surface area contributed by atoms with E-state index < -0.39 is 10.2 Å². The van der Waals surface area contributed by atoms with E-state index in [0.717, 1.165) is 32.5 Å². The van der Waals surface area contributed by atoms with Crippen LogP contribution in [0.15, 0.2) is 0 Å². The third kappa shape index (κ3) is 4.61. The lowest BCUT2D eigenvalue weighted by Crippen LogP contribution is -2.56. The highest BCUT2D eigenvalue weighted by molar-refractivity contribution is 7.87. The molecule has 2 saturated heterocycles. The van der Waals surface area contributed by atoms with Gasteiger partial charge >= 0.3 is 0 Å². The monoisotopic (exact) mass is 320 g/mol. The number of aliphatic hydroxyl groups is 1. The van der Waals surface area contributed by atoms with Crippen molar-refractivity contribution in [3.05, 3.63) is 0 Å². The van der Waals surface area contributed by atoms with E-state index in [1.807, 2.05) is 7.05 Å². The molecule has 0 saturated carbocycles. The van der Waals surface area contributed by atoms with Crippen LogP contribution in [-0.4, -0.2) is 93.6 Å². The molecule has 0 spiro atoms. The maximum atomic E-state index is 12.4. The van der Waals surface area contributed by atoms with Crippen molar-refractivity contribution in [3.8, 4) is 0 Å². The molecule has 2 aliphatic rings. The first kappa shape index (κ1) is 17.1. The Kier molecular flexibility index (Phi) is 5.98. The van der Waals surface area contributed by atoms with Gasteiger partial charge in [0.05, 0.1) is 0 Å². The SMILES string of the molecule is CN1CCN(C)C(CNS(=O)(=O)N2CCCC(CO)C2)C1. The quantitative estimate of drug-likeness (QED) is 0.663. The van der Waals surface area contributed by atoms with Crippen LogP contribution in [0.4, 0.5) is 0 Å². The molecular formula is C13H28N4O3S. The summed E-state index contributed by atoms with van der Waals surface area (Å²) in [4.78, 5) is 4.43. The average molecular weight is 320 g/mol. The Labute approximate surface area is 128 Å². The maximum absolute atomic E-state index is 12.4. The first-order valence-corrected chi connectivity index (χ1v) is 9.10. The smallest absolute Gasteiger partial charge is 0.279 e. The van der Waals surface area contributed by atoms with Crippen molar-refractivity contribution in [1.82, 2.24) is 18.8 Å². The number of nitrogens with one attached hydrogen (secondary N) is 1. The first-order valence-electron chi connectivity index (χ1n) is 7.66. The Morgan fingerprint density at radius 2 is 1.95 bits per heavy atom. The molecule has 2 aliphatic heterocycles. The van der Waals surface area contributed by atoms with Crippen LogP contribution in [0.1, 0.15) is 12.8 Å². The summed E-state index contributed by atoms with van der Waals surface area (Å²) in [5, 5.41) is 9.22. The van der Waals surface area contributed by atoms with Crippen LogP contribution in [0.3, 0.4) is 0 Å². The maximum Gasteiger partial charge on any atom is 0.279 e. The van der Waals surface area contributed by atoms with Gasteiger partial charge < -0.3 is 10.0 Å². The van der Waals surface area contributed by atoms with E-state index in [0.29, 0.717) is 19.6 Å². The molecule has 0 aliphatic carbocycles. The van der Waals surface area contributed by atoms with Crippen molar-refractivity contribution in [2.24, 2.45) is 5.92 Å². The summed E-state index contributed by atoms with van der Waals surface area (Å²) in [6.45, 7) is 4.31. The molecule has 124 valence electrons. The molecule has 2 fully saturated rings. The summed E-state index contributed by atoms with van der Waals surface area (Å²) in [6, 6.07) is 0.206. The normalized spacial score (nSPS) is 30.6. The summed E-state index contributed by atoms with van der Waals surface area (Å²) < 4.78 is 29.0. The lowest BCUT2D eigenvalue weighted by atomic mass is 10.0. The molecule has 2 atom stereocenters. The molecule has 0 bridgehead atoms. The molecule has 2 rings (SSSR count). The molecule has 0 aromatic heterocycles. The second-order valence-corrected chi connectivity index (χ2v) is 8.05. The minimum atomic E-state index is -3.44. The Balaban J connectivity index is 1.88. The van der Waals surface area contributed by atoms with Gasteiger partial charge in [-0.05, 0) is 32.9 Å². The van der Waals surface area contributed by atoms with Crippen molar-refractivity contribution in [2.45, 2.75) is 18.9 Å². The van der Waals surface area contributed by atoms with E-state index in [9.17, 15) is 13.5 Å².